The van der Waals surface area contributed by atoms with Crippen LogP contribution in [0.1, 0.15) is 5.56 Å². The first-order valence-electron chi connectivity index (χ1n) is 5.15. The Morgan fingerprint density at radius 1 is 1.11 bits per heavy atom. The average Bonchev–Trinajstić information content (AvgIpc) is 2.34. The van der Waals surface area contributed by atoms with Crippen molar-refractivity contribution in [2.45, 2.75) is 0 Å². The van der Waals surface area contributed by atoms with E-state index in [1.165, 1.54) is 12.1 Å². The van der Waals surface area contributed by atoms with Gasteiger partial charge in [-0.2, -0.15) is 5.10 Å². The molecule has 92 valence electrons. The quantitative estimate of drug-likeness (QED) is 0.500. The minimum atomic E-state index is -0.671. The summed E-state index contributed by atoms with van der Waals surface area (Å²) in [6.07, 6.45) is 1.59. The van der Waals surface area contributed by atoms with E-state index in [0.717, 1.165) is 15.2 Å². The summed E-state index contributed by atoms with van der Waals surface area (Å²) in [6.45, 7) is 0. The van der Waals surface area contributed by atoms with Gasteiger partial charge in [0.15, 0.2) is 5.82 Å². The second-order valence-electron chi connectivity index (χ2n) is 3.52. The van der Waals surface area contributed by atoms with E-state index >= 15 is 0 Å². The van der Waals surface area contributed by atoms with Gasteiger partial charge in [-0.15, -0.1) is 0 Å². The summed E-state index contributed by atoms with van der Waals surface area (Å²) in [4.78, 5) is 0. The van der Waals surface area contributed by atoms with Crippen molar-refractivity contribution < 1.29 is 8.78 Å². The van der Waals surface area contributed by atoms with Gasteiger partial charge in [0.1, 0.15) is 5.82 Å². The van der Waals surface area contributed by atoms with Crippen LogP contribution in [0.4, 0.5) is 14.5 Å². The van der Waals surface area contributed by atoms with Gasteiger partial charge in [0, 0.05) is 15.2 Å². The van der Waals surface area contributed by atoms with Crippen LogP contribution in [0.25, 0.3) is 0 Å². The van der Waals surface area contributed by atoms with Crippen molar-refractivity contribution in [1.82, 2.24) is 0 Å². The molecule has 0 aliphatic heterocycles. The SMILES string of the molecule is Fc1ccc(NN=Cc2ccccc2I)c(F)c1. The monoisotopic (exact) mass is 358 g/mol. The van der Waals surface area contributed by atoms with E-state index in [9.17, 15) is 8.78 Å². The lowest BCUT2D eigenvalue weighted by molar-refractivity contribution is 0.585. The summed E-state index contributed by atoms with van der Waals surface area (Å²) in [6, 6.07) is 10.9. The minimum absolute atomic E-state index is 0.138. The Kier molecular flexibility index (Phi) is 4.24. The molecular weight excluding hydrogens is 349 g/mol. The maximum atomic E-state index is 13.3. The smallest absolute Gasteiger partial charge is 0.151 e. The van der Waals surface area contributed by atoms with Crippen LogP contribution in [0.3, 0.4) is 0 Å². The number of benzene rings is 2. The van der Waals surface area contributed by atoms with Gasteiger partial charge >= 0.3 is 0 Å². The summed E-state index contributed by atoms with van der Waals surface area (Å²) in [7, 11) is 0. The zero-order chi connectivity index (χ0) is 13.0. The molecule has 0 atom stereocenters. The lowest BCUT2D eigenvalue weighted by Gasteiger charge is -2.02. The number of rotatable bonds is 3. The predicted molar refractivity (Wildman–Crippen MR) is 76.7 cm³/mol. The van der Waals surface area contributed by atoms with Crippen LogP contribution in [0.5, 0.6) is 0 Å². The molecule has 2 rings (SSSR count). The molecule has 0 saturated carbocycles. The van der Waals surface area contributed by atoms with Crippen molar-refractivity contribution in [2.24, 2.45) is 5.10 Å². The second kappa shape index (κ2) is 5.90. The highest BCUT2D eigenvalue weighted by Gasteiger charge is 2.01. The van der Waals surface area contributed by atoms with Crippen LogP contribution in [-0.4, -0.2) is 6.21 Å². The molecule has 2 aromatic rings. The third-order valence-corrected chi connectivity index (χ3v) is 3.21. The lowest BCUT2D eigenvalue weighted by atomic mass is 10.2. The highest BCUT2D eigenvalue weighted by atomic mass is 127. The number of hydrazone groups is 1. The Balaban J connectivity index is 2.10. The van der Waals surface area contributed by atoms with Crippen LogP contribution in [0.2, 0.25) is 0 Å². The molecule has 2 aromatic carbocycles. The number of nitrogens with one attached hydrogen (secondary N) is 1. The van der Waals surface area contributed by atoms with Gasteiger partial charge in [0.05, 0.1) is 11.9 Å². The van der Waals surface area contributed by atoms with Crippen molar-refractivity contribution in [3.63, 3.8) is 0 Å². The fourth-order valence-corrected chi connectivity index (χ4v) is 1.86. The van der Waals surface area contributed by atoms with E-state index in [1.54, 1.807) is 6.21 Å². The molecule has 0 fully saturated rings. The Morgan fingerprint density at radius 2 is 1.89 bits per heavy atom. The van der Waals surface area contributed by atoms with Gasteiger partial charge in [-0.25, -0.2) is 8.78 Å². The van der Waals surface area contributed by atoms with Crippen molar-refractivity contribution in [3.05, 3.63) is 63.2 Å². The van der Waals surface area contributed by atoms with Gasteiger partial charge in [0.25, 0.3) is 0 Å². The van der Waals surface area contributed by atoms with E-state index in [-0.39, 0.29) is 5.69 Å². The Hall–Kier alpha value is -1.50. The number of hydrogen-bond acceptors (Lipinski definition) is 2. The molecule has 0 spiro atoms. The molecule has 1 N–H and O–H groups in total. The minimum Gasteiger partial charge on any atom is -0.276 e. The summed E-state index contributed by atoms with van der Waals surface area (Å²) in [5, 5.41) is 3.92. The van der Waals surface area contributed by atoms with E-state index in [1.807, 2.05) is 24.3 Å². The number of halogens is 3. The summed E-state index contributed by atoms with van der Waals surface area (Å²) >= 11 is 2.18. The standard InChI is InChI=1S/C13H9F2IN2/c14-10-5-6-13(11(15)7-10)18-17-8-9-3-1-2-4-12(9)16/h1-8,18H. The fraction of sp³-hybridized carbons (Fsp3) is 0. The normalized spacial score (nSPS) is 10.8. The molecule has 5 heteroatoms. The van der Waals surface area contributed by atoms with E-state index in [0.29, 0.717) is 0 Å². The van der Waals surface area contributed by atoms with Crippen LogP contribution >= 0.6 is 22.6 Å². The molecule has 0 heterocycles. The molecule has 0 radical (unpaired) electrons. The highest BCUT2D eigenvalue weighted by Crippen LogP contribution is 2.15. The molecule has 0 aliphatic carbocycles. The number of hydrogen-bond donors (Lipinski definition) is 1. The first-order chi connectivity index (χ1) is 8.66. The molecule has 0 amide bonds. The summed E-state index contributed by atoms with van der Waals surface area (Å²) in [5.41, 5.74) is 3.60. The number of anilines is 1. The van der Waals surface area contributed by atoms with Gasteiger partial charge in [0.2, 0.25) is 0 Å². The highest BCUT2D eigenvalue weighted by molar-refractivity contribution is 14.1. The second-order valence-corrected chi connectivity index (χ2v) is 4.68. The number of nitrogens with zero attached hydrogens (tertiary/aromatic N) is 1. The Labute approximate surface area is 117 Å². The zero-order valence-corrected chi connectivity index (χ0v) is 11.4. The maximum Gasteiger partial charge on any atom is 0.151 e. The topological polar surface area (TPSA) is 24.4 Å². The maximum absolute atomic E-state index is 13.3. The lowest BCUT2D eigenvalue weighted by Crippen LogP contribution is -1.95. The van der Waals surface area contributed by atoms with Crippen molar-refractivity contribution in [2.75, 3.05) is 5.43 Å². The first kappa shape index (κ1) is 12.9. The van der Waals surface area contributed by atoms with Crippen molar-refractivity contribution in [3.8, 4) is 0 Å². The van der Waals surface area contributed by atoms with Crippen LogP contribution in [-0.2, 0) is 0 Å². The Bertz CT molecular complexity index is 585. The van der Waals surface area contributed by atoms with Crippen LogP contribution in [0, 0.1) is 15.2 Å². The molecule has 2 nitrogen and oxygen atoms in total. The Morgan fingerprint density at radius 3 is 2.61 bits per heavy atom. The molecule has 18 heavy (non-hydrogen) atoms. The zero-order valence-electron chi connectivity index (χ0n) is 9.20. The average molecular weight is 358 g/mol. The third kappa shape index (κ3) is 3.25. The third-order valence-electron chi connectivity index (χ3n) is 2.22. The van der Waals surface area contributed by atoms with E-state index in [2.05, 4.69) is 33.1 Å². The molecule has 0 unspecified atom stereocenters. The van der Waals surface area contributed by atoms with Crippen LogP contribution in [0.15, 0.2) is 47.6 Å². The van der Waals surface area contributed by atoms with Crippen molar-refractivity contribution in [1.29, 1.82) is 0 Å². The van der Waals surface area contributed by atoms with E-state index in [4.69, 9.17) is 0 Å². The molecule has 0 bridgehead atoms. The van der Waals surface area contributed by atoms with Gasteiger partial charge in [-0.3, -0.25) is 5.43 Å². The van der Waals surface area contributed by atoms with Gasteiger partial charge < -0.3 is 0 Å². The first-order valence-corrected chi connectivity index (χ1v) is 6.23. The fourth-order valence-electron chi connectivity index (χ4n) is 1.33. The molecule has 0 aliphatic rings. The molecule has 0 aromatic heterocycles. The van der Waals surface area contributed by atoms with E-state index < -0.39 is 11.6 Å². The molecular formula is C13H9F2IN2. The largest absolute Gasteiger partial charge is 0.276 e. The van der Waals surface area contributed by atoms with Crippen LogP contribution < -0.4 is 5.43 Å². The summed E-state index contributed by atoms with van der Waals surface area (Å²) in [5.74, 6) is -1.28. The molecule has 0 saturated heterocycles. The predicted octanol–water partition coefficient (Wildman–Crippen LogP) is 4.02. The van der Waals surface area contributed by atoms with Gasteiger partial charge in [-0.1, -0.05) is 18.2 Å². The van der Waals surface area contributed by atoms with Gasteiger partial charge in [-0.05, 0) is 40.8 Å². The summed E-state index contributed by atoms with van der Waals surface area (Å²) < 4.78 is 27.0. The van der Waals surface area contributed by atoms with Crippen molar-refractivity contribution >= 4 is 34.5 Å².